The van der Waals surface area contributed by atoms with Gasteiger partial charge in [0.2, 0.25) is 6.61 Å². The molecule has 0 fully saturated rings. The van der Waals surface area contributed by atoms with Crippen molar-refractivity contribution < 1.29 is 19.1 Å². The zero-order chi connectivity index (χ0) is 11.3. The Kier molecular flexibility index (Phi) is 3.79. The van der Waals surface area contributed by atoms with Crippen molar-refractivity contribution in [2.75, 3.05) is 6.61 Å². The summed E-state index contributed by atoms with van der Waals surface area (Å²) in [6, 6.07) is 5.67. The second kappa shape index (κ2) is 5.09. The average molecular weight is 211 g/mol. The van der Waals surface area contributed by atoms with Gasteiger partial charge in [0.05, 0.1) is 5.71 Å². The van der Waals surface area contributed by atoms with Crippen molar-refractivity contribution in [3.63, 3.8) is 0 Å². The van der Waals surface area contributed by atoms with Gasteiger partial charge in [0.25, 0.3) is 0 Å². The quantitative estimate of drug-likeness (QED) is 0.608. The maximum atomic E-state index is 12.6. The van der Waals surface area contributed by atoms with Gasteiger partial charge >= 0.3 is 5.97 Å². The molecule has 0 heterocycles. The monoisotopic (exact) mass is 211 g/mol. The number of oxime groups is 1. The Morgan fingerprint density at radius 2 is 2.07 bits per heavy atom. The minimum atomic E-state index is -1.09. The van der Waals surface area contributed by atoms with Crippen LogP contribution in [0.5, 0.6) is 0 Å². The van der Waals surface area contributed by atoms with Gasteiger partial charge in [-0.25, -0.2) is 9.18 Å². The summed E-state index contributed by atoms with van der Waals surface area (Å²) in [7, 11) is 0. The average Bonchev–Trinajstić information content (AvgIpc) is 2.18. The minimum absolute atomic E-state index is 0.335. The largest absolute Gasteiger partial charge is 0.479 e. The fourth-order valence-corrected chi connectivity index (χ4v) is 0.928. The second-order valence-corrected chi connectivity index (χ2v) is 2.85. The molecule has 0 spiro atoms. The first-order valence-electron chi connectivity index (χ1n) is 4.24. The molecule has 1 N–H and O–H groups in total. The number of halogens is 1. The Bertz CT molecular complexity index is 373. The third-order valence-corrected chi connectivity index (χ3v) is 1.65. The Balaban J connectivity index is 2.63. The number of aliphatic carboxylic acids is 1. The molecular weight excluding hydrogens is 201 g/mol. The van der Waals surface area contributed by atoms with E-state index >= 15 is 0 Å². The van der Waals surface area contributed by atoms with Crippen LogP contribution in [0.1, 0.15) is 12.5 Å². The van der Waals surface area contributed by atoms with Crippen molar-refractivity contribution in [1.29, 1.82) is 0 Å². The van der Waals surface area contributed by atoms with E-state index < -0.39 is 12.6 Å². The normalized spacial score (nSPS) is 11.2. The highest BCUT2D eigenvalue weighted by atomic mass is 19.1. The highest BCUT2D eigenvalue weighted by Gasteiger charge is 1.99. The summed E-state index contributed by atoms with van der Waals surface area (Å²) in [6.45, 7) is 1.16. The van der Waals surface area contributed by atoms with E-state index in [0.29, 0.717) is 11.3 Å². The number of carbonyl (C=O) groups is 1. The molecule has 5 heteroatoms. The van der Waals surface area contributed by atoms with Gasteiger partial charge in [-0.3, -0.25) is 0 Å². The predicted octanol–water partition coefficient (Wildman–Crippen LogP) is 1.65. The summed E-state index contributed by atoms with van der Waals surface area (Å²) in [5, 5.41) is 11.9. The van der Waals surface area contributed by atoms with Crippen LogP contribution in [0.25, 0.3) is 0 Å². The number of rotatable bonds is 4. The second-order valence-electron chi connectivity index (χ2n) is 2.85. The molecule has 1 aromatic rings. The fraction of sp³-hybridized carbons (Fsp3) is 0.200. The third-order valence-electron chi connectivity index (χ3n) is 1.65. The van der Waals surface area contributed by atoms with Gasteiger partial charge in [-0.05, 0) is 24.6 Å². The predicted molar refractivity (Wildman–Crippen MR) is 52.2 cm³/mol. The zero-order valence-electron chi connectivity index (χ0n) is 8.11. The van der Waals surface area contributed by atoms with E-state index in [1.54, 1.807) is 6.92 Å². The summed E-state index contributed by atoms with van der Waals surface area (Å²) in [6.07, 6.45) is 0. The van der Waals surface area contributed by atoms with Gasteiger partial charge in [-0.15, -0.1) is 0 Å². The van der Waals surface area contributed by atoms with Gasteiger partial charge in [0.1, 0.15) is 5.82 Å². The summed E-state index contributed by atoms with van der Waals surface area (Å²) in [5.41, 5.74) is 1.18. The molecule has 0 aliphatic rings. The van der Waals surface area contributed by atoms with Crippen LogP contribution in [0.2, 0.25) is 0 Å². The van der Waals surface area contributed by atoms with Gasteiger partial charge in [-0.2, -0.15) is 0 Å². The van der Waals surface area contributed by atoms with Crippen LogP contribution in [0, 0.1) is 5.82 Å². The molecule has 0 atom stereocenters. The molecule has 0 unspecified atom stereocenters. The van der Waals surface area contributed by atoms with E-state index in [2.05, 4.69) is 9.99 Å². The smallest absolute Gasteiger partial charge is 0.344 e. The van der Waals surface area contributed by atoms with Crippen molar-refractivity contribution in [3.05, 3.63) is 35.6 Å². The lowest BCUT2D eigenvalue weighted by Gasteiger charge is -2.00. The van der Waals surface area contributed by atoms with Crippen molar-refractivity contribution in [2.24, 2.45) is 5.16 Å². The van der Waals surface area contributed by atoms with Crippen molar-refractivity contribution in [1.82, 2.24) is 0 Å². The molecule has 0 radical (unpaired) electrons. The van der Waals surface area contributed by atoms with Crippen LogP contribution in [-0.4, -0.2) is 23.4 Å². The van der Waals surface area contributed by atoms with E-state index in [1.165, 1.54) is 24.3 Å². The number of hydrogen-bond acceptors (Lipinski definition) is 3. The summed E-state index contributed by atoms with van der Waals surface area (Å²) in [4.78, 5) is 14.7. The first kappa shape index (κ1) is 11.2. The molecular formula is C10H10FNO3. The Morgan fingerprint density at radius 3 is 2.60 bits per heavy atom. The molecule has 0 aliphatic heterocycles. The Labute approximate surface area is 86.0 Å². The van der Waals surface area contributed by atoms with Gasteiger partial charge < -0.3 is 9.94 Å². The van der Waals surface area contributed by atoms with Crippen LogP contribution >= 0.6 is 0 Å². The standard InChI is InChI=1S/C10H10FNO3/c1-7(12-15-6-10(13)14)8-2-4-9(11)5-3-8/h2-5H,6H2,1H3,(H,13,14)/b12-7-. The molecule has 0 amide bonds. The Hall–Kier alpha value is -1.91. The van der Waals surface area contributed by atoms with Crippen LogP contribution in [0.4, 0.5) is 4.39 Å². The first-order chi connectivity index (χ1) is 7.09. The molecule has 0 aliphatic carbocycles. The maximum absolute atomic E-state index is 12.6. The number of hydrogen-bond donors (Lipinski definition) is 1. The van der Waals surface area contributed by atoms with Crippen LogP contribution in [0.3, 0.4) is 0 Å². The minimum Gasteiger partial charge on any atom is -0.479 e. The zero-order valence-corrected chi connectivity index (χ0v) is 8.11. The maximum Gasteiger partial charge on any atom is 0.344 e. The van der Waals surface area contributed by atoms with E-state index in [-0.39, 0.29) is 5.82 Å². The highest BCUT2D eigenvalue weighted by molar-refractivity contribution is 5.98. The van der Waals surface area contributed by atoms with E-state index in [4.69, 9.17) is 5.11 Å². The van der Waals surface area contributed by atoms with E-state index in [9.17, 15) is 9.18 Å². The molecule has 0 saturated heterocycles. The fourth-order valence-electron chi connectivity index (χ4n) is 0.928. The molecule has 80 valence electrons. The van der Waals surface area contributed by atoms with Gasteiger partial charge in [-0.1, -0.05) is 17.3 Å². The highest BCUT2D eigenvalue weighted by Crippen LogP contribution is 2.04. The van der Waals surface area contributed by atoms with Crippen molar-refractivity contribution >= 4 is 11.7 Å². The number of carboxylic acids is 1. The van der Waals surface area contributed by atoms with Crippen molar-refractivity contribution in [3.8, 4) is 0 Å². The van der Waals surface area contributed by atoms with E-state index in [0.717, 1.165) is 0 Å². The molecule has 4 nitrogen and oxygen atoms in total. The number of nitrogens with zero attached hydrogens (tertiary/aromatic N) is 1. The third kappa shape index (κ3) is 3.76. The lowest BCUT2D eigenvalue weighted by atomic mass is 10.1. The molecule has 0 saturated carbocycles. The SMILES string of the molecule is C/C(=N/OCC(=O)O)c1ccc(F)cc1. The summed E-state index contributed by atoms with van der Waals surface area (Å²) >= 11 is 0. The molecule has 1 rings (SSSR count). The number of carboxylic acid groups (broad SMARTS) is 1. The molecule has 0 aromatic heterocycles. The van der Waals surface area contributed by atoms with Crippen LogP contribution < -0.4 is 0 Å². The van der Waals surface area contributed by atoms with Crippen LogP contribution in [-0.2, 0) is 9.63 Å². The molecule has 15 heavy (non-hydrogen) atoms. The summed E-state index contributed by atoms with van der Waals surface area (Å²) in [5.74, 6) is -1.43. The van der Waals surface area contributed by atoms with E-state index in [1.807, 2.05) is 0 Å². The molecule has 0 bridgehead atoms. The van der Waals surface area contributed by atoms with Crippen molar-refractivity contribution in [2.45, 2.75) is 6.92 Å². The summed E-state index contributed by atoms with van der Waals surface area (Å²) < 4.78 is 12.6. The lowest BCUT2D eigenvalue weighted by Crippen LogP contribution is -2.05. The molecule has 1 aromatic carbocycles. The first-order valence-corrected chi connectivity index (χ1v) is 4.24. The van der Waals surface area contributed by atoms with Crippen LogP contribution in [0.15, 0.2) is 29.4 Å². The number of benzene rings is 1. The topological polar surface area (TPSA) is 58.9 Å². The lowest BCUT2D eigenvalue weighted by molar-refractivity contribution is -0.142. The van der Waals surface area contributed by atoms with Gasteiger partial charge in [0.15, 0.2) is 0 Å². The van der Waals surface area contributed by atoms with Gasteiger partial charge in [0, 0.05) is 0 Å². The Morgan fingerprint density at radius 1 is 1.47 bits per heavy atom.